The molecular weight excluding hydrogens is 243 g/mol. The standard InChI is InChI=1S/C15H19FN2O/c1-18-13-3-5-14(6-4-13)19-10-12-8-11(9-17)2-7-15(12)16/h2,7-8,13-14,18H,3-6,10H2,1H3. The van der Waals surface area contributed by atoms with Gasteiger partial charge in [0.15, 0.2) is 0 Å². The van der Waals surface area contributed by atoms with Crippen LogP contribution >= 0.6 is 0 Å². The van der Waals surface area contributed by atoms with Gasteiger partial charge in [0.05, 0.1) is 24.3 Å². The van der Waals surface area contributed by atoms with Crippen LogP contribution in [0.4, 0.5) is 4.39 Å². The third kappa shape index (κ3) is 3.76. The molecule has 19 heavy (non-hydrogen) atoms. The van der Waals surface area contributed by atoms with Crippen molar-refractivity contribution in [2.24, 2.45) is 0 Å². The smallest absolute Gasteiger partial charge is 0.128 e. The van der Waals surface area contributed by atoms with Gasteiger partial charge in [-0.2, -0.15) is 5.26 Å². The number of hydrogen-bond acceptors (Lipinski definition) is 3. The summed E-state index contributed by atoms with van der Waals surface area (Å²) >= 11 is 0. The fourth-order valence-corrected chi connectivity index (χ4v) is 2.48. The maximum absolute atomic E-state index is 13.6. The van der Waals surface area contributed by atoms with Gasteiger partial charge in [-0.25, -0.2) is 4.39 Å². The van der Waals surface area contributed by atoms with Crippen molar-refractivity contribution in [2.45, 2.75) is 44.4 Å². The molecule has 0 saturated heterocycles. The van der Waals surface area contributed by atoms with E-state index >= 15 is 0 Å². The second-order valence-electron chi connectivity index (χ2n) is 4.99. The molecule has 1 aromatic rings. The molecule has 4 heteroatoms. The quantitative estimate of drug-likeness (QED) is 0.907. The predicted molar refractivity (Wildman–Crippen MR) is 71.0 cm³/mol. The van der Waals surface area contributed by atoms with E-state index in [1.807, 2.05) is 13.1 Å². The van der Waals surface area contributed by atoms with Crippen LogP contribution in [0.25, 0.3) is 0 Å². The van der Waals surface area contributed by atoms with E-state index in [1.54, 1.807) is 6.07 Å². The van der Waals surface area contributed by atoms with Gasteiger partial charge < -0.3 is 10.1 Å². The minimum atomic E-state index is -0.303. The molecule has 0 heterocycles. The monoisotopic (exact) mass is 262 g/mol. The van der Waals surface area contributed by atoms with E-state index in [1.165, 1.54) is 12.1 Å². The Bertz CT molecular complexity index is 462. The van der Waals surface area contributed by atoms with E-state index in [0.29, 0.717) is 17.2 Å². The van der Waals surface area contributed by atoms with Gasteiger partial charge in [-0.1, -0.05) is 0 Å². The third-order valence-corrected chi connectivity index (χ3v) is 3.73. The van der Waals surface area contributed by atoms with E-state index < -0.39 is 0 Å². The van der Waals surface area contributed by atoms with Crippen LogP contribution in [-0.4, -0.2) is 19.2 Å². The summed E-state index contributed by atoms with van der Waals surface area (Å²) in [5.41, 5.74) is 0.939. The topological polar surface area (TPSA) is 45.0 Å². The second kappa shape index (κ2) is 6.65. The molecule has 0 aromatic heterocycles. The maximum atomic E-state index is 13.6. The zero-order valence-corrected chi connectivity index (χ0v) is 11.2. The minimum absolute atomic E-state index is 0.203. The first-order valence-corrected chi connectivity index (χ1v) is 6.70. The number of benzene rings is 1. The van der Waals surface area contributed by atoms with Crippen molar-refractivity contribution < 1.29 is 9.13 Å². The minimum Gasteiger partial charge on any atom is -0.373 e. The van der Waals surface area contributed by atoms with Gasteiger partial charge in [0.2, 0.25) is 0 Å². The molecule has 0 atom stereocenters. The first-order valence-electron chi connectivity index (χ1n) is 6.70. The van der Waals surface area contributed by atoms with Crippen LogP contribution in [-0.2, 0) is 11.3 Å². The van der Waals surface area contributed by atoms with Crippen LogP contribution in [0.2, 0.25) is 0 Å². The van der Waals surface area contributed by atoms with Crippen LogP contribution in [0.5, 0.6) is 0 Å². The Balaban J connectivity index is 1.87. The van der Waals surface area contributed by atoms with Gasteiger partial charge >= 0.3 is 0 Å². The van der Waals surface area contributed by atoms with Crippen LogP contribution in [0.3, 0.4) is 0 Å². The molecule has 0 amide bonds. The van der Waals surface area contributed by atoms with Gasteiger partial charge in [0.25, 0.3) is 0 Å². The second-order valence-corrected chi connectivity index (χ2v) is 4.99. The third-order valence-electron chi connectivity index (χ3n) is 3.73. The van der Waals surface area contributed by atoms with Crippen molar-refractivity contribution in [3.8, 4) is 6.07 Å². The molecule has 1 fully saturated rings. The summed E-state index contributed by atoms with van der Waals surface area (Å²) in [5, 5.41) is 12.1. The van der Waals surface area contributed by atoms with Crippen LogP contribution in [0.15, 0.2) is 18.2 Å². The summed E-state index contributed by atoms with van der Waals surface area (Å²) in [6, 6.07) is 6.97. The average Bonchev–Trinajstić information content (AvgIpc) is 2.47. The summed E-state index contributed by atoms with van der Waals surface area (Å²) in [5.74, 6) is -0.303. The van der Waals surface area contributed by atoms with Crippen molar-refractivity contribution in [1.29, 1.82) is 5.26 Å². The highest BCUT2D eigenvalue weighted by Crippen LogP contribution is 2.22. The molecule has 0 spiro atoms. The van der Waals surface area contributed by atoms with Gasteiger partial charge in [0.1, 0.15) is 5.82 Å². The number of hydrogen-bond donors (Lipinski definition) is 1. The first-order chi connectivity index (χ1) is 9.22. The molecule has 1 aliphatic rings. The molecule has 2 rings (SSSR count). The maximum Gasteiger partial charge on any atom is 0.128 e. The molecule has 0 bridgehead atoms. The molecule has 1 aromatic carbocycles. The van der Waals surface area contributed by atoms with Crippen LogP contribution in [0, 0.1) is 17.1 Å². The molecule has 1 N–H and O–H groups in total. The van der Waals surface area contributed by atoms with E-state index in [4.69, 9.17) is 10.00 Å². The Morgan fingerprint density at radius 3 is 2.74 bits per heavy atom. The highest BCUT2D eigenvalue weighted by atomic mass is 19.1. The average molecular weight is 262 g/mol. The molecule has 0 radical (unpaired) electrons. The largest absolute Gasteiger partial charge is 0.373 e. The lowest BCUT2D eigenvalue weighted by Crippen LogP contribution is -2.32. The van der Waals surface area contributed by atoms with E-state index in [-0.39, 0.29) is 18.5 Å². The van der Waals surface area contributed by atoms with E-state index in [2.05, 4.69) is 5.32 Å². The van der Waals surface area contributed by atoms with Crippen LogP contribution in [0.1, 0.15) is 36.8 Å². The fraction of sp³-hybridized carbons (Fsp3) is 0.533. The number of nitriles is 1. The number of nitrogens with zero attached hydrogens (tertiary/aromatic N) is 1. The van der Waals surface area contributed by atoms with E-state index in [0.717, 1.165) is 25.7 Å². The Morgan fingerprint density at radius 1 is 1.37 bits per heavy atom. The van der Waals surface area contributed by atoms with Crippen molar-refractivity contribution in [1.82, 2.24) is 5.32 Å². The summed E-state index contributed by atoms with van der Waals surface area (Å²) in [6.07, 6.45) is 4.41. The van der Waals surface area contributed by atoms with Crippen LogP contribution < -0.4 is 5.32 Å². The Hall–Kier alpha value is -1.44. The van der Waals surface area contributed by atoms with Crippen molar-refractivity contribution in [3.63, 3.8) is 0 Å². The lowest BCUT2D eigenvalue weighted by atomic mass is 9.93. The highest BCUT2D eigenvalue weighted by Gasteiger charge is 2.20. The van der Waals surface area contributed by atoms with Crippen molar-refractivity contribution >= 4 is 0 Å². The Kier molecular flexibility index (Phi) is 4.89. The summed E-state index contributed by atoms with van der Waals surface area (Å²) in [7, 11) is 1.98. The molecule has 0 unspecified atom stereocenters. The zero-order chi connectivity index (χ0) is 13.7. The molecule has 3 nitrogen and oxygen atoms in total. The van der Waals surface area contributed by atoms with Gasteiger partial charge in [-0.15, -0.1) is 0 Å². The van der Waals surface area contributed by atoms with Crippen molar-refractivity contribution in [2.75, 3.05) is 7.05 Å². The lowest BCUT2D eigenvalue weighted by Gasteiger charge is -2.28. The van der Waals surface area contributed by atoms with Gasteiger partial charge in [0, 0.05) is 11.6 Å². The lowest BCUT2D eigenvalue weighted by molar-refractivity contribution is 0.0106. The van der Waals surface area contributed by atoms with E-state index in [9.17, 15) is 4.39 Å². The number of ether oxygens (including phenoxy) is 1. The summed E-state index contributed by atoms with van der Waals surface area (Å²) in [6.45, 7) is 0.246. The molecule has 102 valence electrons. The molecule has 0 aliphatic heterocycles. The highest BCUT2D eigenvalue weighted by molar-refractivity contribution is 5.33. The number of halogens is 1. The number of nitrogens with one attached hydrogen (secondary N) is 1. The normalized spacial score (nSPS) is 23.0. The Morgan fingerprint density at radius 2 is 2.11 bits per heavy atom. The SMILES string of the molecule is CNC1CCC(OCc2cc(C#N)ccc2F)CC1. The fourth-order valence-electron chi connectivity index (χ4n) is 2.48. The molecule has 1 saturated carbocycles. The van der Waals surface area contributed by atoms with Crippen molar-refractivity contribution in [3.05, 3.63) is 35.1 Å². The number of rotatable bonds is 4. The predicted octanol–water partition coefficient (Wildman–Crippen LogP) is 2.74. The Labute approximate surface area is 113 Å². The molecule has 1 aliphatic carbocycles. The molecular formula is C15H19FN2O. The first kappa shape index (κ1) is 14.0. The summed E-state index contributed by atoms with van der Waals surface area (Å²) < 4.78 is 19.3. The van der Waals surface area contributed by atoms with Gasteiger partial charge in [-0.3, -0.25) is 0 Å². The zero-order valence-electron chi connectivity index (χ0n) is 11.2. The summed E-state index contributed by atoms with van der Waals surface area (Å²) in [4.78, 5) is 0. The van der Waals surface area contributed by atoms with Gasteiger partial charge in [-0.05, 0) is 50.9 Å².